The second-order valence-electron chi connectivity index (χ2n) is 11.4. The Labute approximate surface area is 260 Å². The molecule has 1 spiro atoms. The number of anilines is 1. The predicted octanol–water partition coefficient (Wildman–Crippen LogP) is 5.99. The number of hydrogen-bond donors (Lipinski definition) is 1. The van der Waals surface area contributed by atoms with E-state index in [0.717, 1.165) is 11.1 Å². The van der Waals surface area contributed by atoms with Crippen molar-refractivity contribution >= 4 is 35.2 Å². The standard InChI is InChI=1S/C37H30N2O6/c1-3-44-30-15-9-6-12-27(30)34(42)31-32(33(41)24-16-18-25(19-17-24)45-22(2)40)39-21-20-23-10-4-5-11-26(23)35(39)37(31)28-13-7-8-14-29(28)38-36(37)43/h4-21,31-32,35H,3H2,1-2H3,(H,38,43)/t31-,32+,35-,37-/m0/s1. The largest absolute Gasteiger partial charge is 0.493 e. The van der Waals surface area contributed by atoms with Gasteiger partial charge in [0.2, 0.25) is 5.91 Å². The van der Waals surface area contributed by atoms with Crippen molar-refractivity contribution in [3.8, 4) is 11.5 Å². The van der Waals surface area contributed by atoms with Gasteiger partial charge >= 0.3 is 5.97 Å². The van der Waals surface area contributed by atoms with Gasteiger partial charge in [-0.1, -0.05) is 54.6 Å². The maximum absolute atomic E-state index is 15.1. The van der Waals surface area contributed by atoms with Gasteiger partial charge < -0.3 is 19.7 Å². The van der Waals surface area contributed by atoms with Crippen LogP contribution in [0.3, 0.4) is 0 Å². The van der Waals surface area contributed by atoms with Gasteiger partial charge in [0, 0.05) is 24.4 Å². The number of ether oxygens (including phenoxy) is 2. The molecule has 7 rings (SSSR count). The molecule has 8 nitrogen and oxygen atoms in total. The third kappa shape index (κ3) is 4.28. The van der Waals surface area contributed by atoms with Crippen molar-refractivity contribution in [1.29, 1.82) is 0 Å². The minimum Gasteiger partial charge on any atom is -0.493 e. The van der Waals surface area contributed by atoms with Gasteiger partial charge in [-0.05, 0) is 72.2 Å². The topological polar surface area (TPSA) is 102 Å². The summed E-state index contributed by atoms with van der Waals surface area (Å²) in [4.78, 5) is 57.9. The lowest BCUT2D eigenvalue weighted by Crippen LogP contribution is -2.49. The van der Waals surface area contributed by atoms with Crippen LogP contribution in [-0.4, -0.2) is 41.0 Å². The lowest BCUT2D eigenvalue weighted by molar-refractivity contribution is -0.131. The molecule has 1 fully saturated rings. The Balaban J connectivity index is 1.49. The lowest BCUT2D eigenvalue weighted by atomic mass is 9.62. The first-order valence-corrected chi connectivity index (χ1v) is 14.9. The maximum Gasteiger partial charge on any atom is 0.308 e. The van der Waals surface area contributed by atoms with Crippen molar-refractivity contribution in [2.75, 3.05) is 11.9 Å². The molecule has 0 saturated carbocycles. The number of benzene rings is 4. The second kappa shape index (κ2) is 10.9. The summed E-state index contributed by atoms with van der Waals surface area (Å²) in [6, 6.07) is 26.7. The highest BCUT2D eigenvalue weighted by molar-refractivity contribution is 6.17. The molecule has 0 bridgehead atoms. The Morgan fingerprint density at radius 3 is 2.36 bits per heavy atom. The van der Waals surface area contributed by atoms with E-state index in [-0.39, 0.29) is 17.5 Å². The zero-order chi connectivity index (χ0) is 31.3. The number of ketones is 2. The Hall–Kier alpha value is -5.50. The summed E-state index contributed by atoms with van der Waals surface area (Å²) < 4.78 is 11.1. The van der Waals surface area contributed by atoms with E-state index in [9.17, 15) is 14.4 Å². The zero-order valence-electron chi connectivity index (χ0n) is 24.7. The normalized spacial score (nSPS) is 22.3. The van der Waals surface area contributed by atoms with E-state index < -0.39 is 29.4 Å². The third-order valence-electron chi connectivity index (χ3n) is 8.97. The molecule has 224 valence electrons. The molecule has 0 aliphatic carbocycles. The summed E-state index contributed by atoms with van der Waals surface area (Å²) in [6.45, 7) is 3.48. The number of nitrogens with one attached hydrogen (secondary N) is 1. The predicted molar refractivity (Wildman–Crippen MR) is 168 cm³/mol. The van der Waals surface area contributed by atoms with Crippen LogP contribution in [0.25, 0.3) is 6.08 Å². The number of fused-ring (bicyclic) bond motifs is 6. The average Bonchev–Trinajstić information content (AvgIpc) is 3.53. The molecule has 1 N–H and O–H groups in total. The fourth-order valence-corrected chi connectivity index (χ4v) is 7.31. The summed E-state index contributed by atoms with van der Waals surface area (Å²) in [5.41, 5.74) is 2.22. The van der Waals surface area contributed by atoms with Crippen molar-refractivity contribution in [1.82, 2.24) is 4.90 Å². The summed E-state index contributed by atoms with van der Waals surface area (Å²) in [7, 11) is 0. The van der Waals surface area contributed by atoms with Crippen LogP contribution in [0.1, 0.15) is 57.3 Å². The second-order valence-corrected chi connectivity index (χ2v) is 11.4. The number of Topliss-reactive ketones (excluding diaryl/α,β-unsaturated/α-hetero) is 2. The van der Waals surface area contributed by atoms with Crippen LogP contribution in [0.4, 0.5) is 5.69 Å². The van der Waals surface area contributed by atoms with Gasteiger partial charge in [-0.25, -0.2) is 0 Å². The lowest BCUT2D eigenvalue weighted by Gasteiger charge is -2.38. The highest BCUT2D eigenvalue weighted by atomic mass is 16.5. The summed E-state index contributed by atoms with van der Waals surface area (Å²) >= 11 is 0. The number of carbonyl (C=O) groups excluding carboxylic acids is 4. The van der Waals surface area contributed by atoms with E-state index in [1.54, 1.807) is 48.5 Å². The number of amides is 1. The quantitative estimate of drug-likeness (QED) is 0.158. The minimum atomic E-state index is -1.45. The molecule has 4 aromatic rings. The van der Waals surface area contributed by atoms with Crippen LogP contribution in [0, 0.1) is 5.92 Å². The average molecular weight is 599 g/mol. The van der Waals surface area contributed by atoms with Gasteiger partial charge in [-0.15, -0.1) is 0 Å². The van der Waals surface area contributed by atoms with E-state index in [0.29, 0.717) is 40.5 Å². The number of rotatable bonds is 7. The van der Waals surface area contributed by atoms with Crippen molar-refractivity contribution in [3.05, 3.63) is 131 Å². The van der Waals surface area contributed by atoms with E-state index in [1.807, 2.05) is 72.6 Å². The molecule has 3 heterocycles. The van der Waals surface area contributed by atoms with Crippen LogP contribution in [0.5, 0.6) is 11.5 Å². The number of carbonyl (C=O) groups is 4. The van der Waals surface area contributed by atoms with Gasteiger partial charge in [0.15, 0.2) is 11.6 Å². The van der Waals surface area contributed by atoms with E-state index in [2.05, 4.69) is 5.32 Å². The molecule has 8 heteroatoms. The summed E-state index contributed by atoms with van der Waals surface area (Å²) in [5.74, 6) is -1.95. The van der Waals surface area contributed by atoms with Gasteiger partial charge in [-0.2, -0.15) is 0 Å². The first-order valence-electron chi connectivity index (χ1n) is 14.9. The SMILES string of the molecule is CCOc1ccccc1C(=O)[C@@H]1[C@H](C(=O)c2ccc(OC(C)=O)cc2)N2C=Cc3ccccc3[C@H]2[C@@]12C(=O)Nc1ccccc12. The molecule has 0 aromatic heterocycles. The molecule has 1 amide bonds. The van der Waals surface area contributed by atoms with Crippen molar-refractivity contribution < 1.29 is 28.7 Å². The number of esters is 1. The van der Waals surface area contributed by atoms with Crippen molar-refractivity contribution in [2.24, 2.45) is 5.92 Å². The van der Waals surface area contributed by atoms with Gasteiger partial charge in [0.1, 0.15) is 23.0 Å². The van der Waals surface area contributed by atoms with Crippen LogP contribution >= 0.6 is 0 Å². The van der Waals surface area contributed by atoms with Crippen LogP contribution in [-0.2, 0) is 15.0 Å². The van der Waals surface area contributed by atoms with Crippen molar-refractivity contribution in [2.45, 2.75) is 31.3 Å². The summed E-state index contributed by atoms with van der Waals surface area (Å²) in [6.07, 6.45) is 3.75. The van der Waals surface area contributed by atoms with Crippen molar-refractivity contribution in [3.63, 3.8) is 0 Å². The molecule has 45 heavy (non-hydrogen) atoms. The first kappa shape index (κ1) is 28.3. The maximum atomic E-state index is 15.1. The Bertz CT molecular complexity index is 1900. The van der Waals surface area contributed by atoms with Gasteiger partial charge in [-0.3, -0.25) is 19.2 Å². The molecular weight excluding hydrogens is 568 g/mol. The number of hydrogen-bond acceptors (Lipinski definition) is 7. The molecule has 3 aliphatic heterocycles. The Kier molecular flexibility index (Phi) is 6.85. The minimum absolute atomic E-state index is 0.300. The summed E-state index contributed by atoms with van der Waals surface area (Å²) in [5, 5.41) is 3.06. The molecule has 4 aromatic carbocycles. The Morgan fingerprint density at radius 1 is 0.867 bits per heavy atom. The van der Waals surface area contributed by atoms with E-state index >= 15 is 4.79 Å². The fraction of sp³-hybridized carbons (Fsp3) is 0.189. The molecule has 1 saturated heterocycles. The van der Waals surface area contributed by atoms with Crippen LogP contribution in [0.2, 0.25) is 0 Å². The van der Waals surface area contributed by atoms with Crippen LogP contribution in [0.15, 0.2) is 103 Å². The third-order valence-corrected chi connectivity index (χ3v) is 8.97. The van der Waals surface area contributed by atoms with E-state index in [1.165, 1.54) is 6.92 Å². The highest BCUT2D eigenvalue weighted by Crippen LogP contribution is 2.62. The Morgan fingerprint density at radius 2 is 1.58 bits per heavy atom. The zero-order valence-corrected chi connectivity index (χ0v) is 24.7. The van der Waals surface area contributed by atoms with E-state index in [4.69, 9.17) is 9.47 Å². The van der Waals surface area contributed by atoms with Crippen LogP contribution < -0.4 is 14.8 Å². The number of nitrogens with zero attached hydrogens (tertiary/aromatic N) is 1. The molecule has 3 aliphatic rings. The van der Waals surface area contributed by atoms with Gasteiger partial charge in [0.05, 0.1) is 24.1 Å². The monoisotopic (exact) mass is 598 g/mol. The number of para-hydroxylation sites is 2. The van der Waals surface area contributed by atoms with Gasteiger partial charge in [0.25, 0.3) is 0 Å². The first-order chi connectivity index (χ1) is 21.9. The highest BCUT2D eigenvalue weighted by Gasteiger charge is 2.70. The molecule has 4 atom stereocenters. The fourth-order valence-electron chi connectivity index (χ4n) is 7.31. The molecular formula is C37H30N2O6. The molecule has 0 unspecified atom stereocenters. The smallest absolute Gasteiger partial charge is 0.308 e. The molecule has 0 radical (unpaired) electrons.